The molecule has 0 fully saturated rings. The van der Waals surface area contributed by atoms with Crippen molar-refractivity contribution in [1.29, 1.82) is 0 Å². The molecule has 0 spiro atoms. The molecule has 0 saturated heterocycles. The van der Waals surface area contributed by atoms with Gasteiger partial charge in [-0.05, 0) is 24.0 Å². The van der Waals surface area contributed by atoms with Gasteiger partial charge in [-0.1, -0.05) is 44.2 Å². The Morgan fingerprint density at radius 3 is 2.40 bits per heavy atom. The second-order valence-corrected chi connectivity index (χ2v) is 5.00. The van der Waals surface area contributed by atoms with Crippen molar-refractivity contribution in [3.05, 3.63) is 41.6 Å². The number of amides is 1. The fourth-order valence-electron chi connectivity index (χ4n) is 1.71. The van der Waals surface area contributed by atoms with E-state index >= 15 is 0 Å². The van der Waals surface area contributed by atoms with Gasteiger partial charge in [0.1, 0.15) is 5.70 Å². The molecule has 0 heterocycles. The van der Waals surface area contributed by atoms with Gasteiger partial charge < -0.3 is 16.2 Å². The number of nitrogens with one attached hydrogen (secondary N) is 1. The average molecular weight is 276 g/mol. The van der Waals surface area contributed by atoms with E-state index in [0.29, 0.717) is 12.0 Å². The first-order chi connectivity index (χ1) is 9.40. The molecule has 0 aliphatic carbocycles. The quantitative estimate of drug-likeness (QED) is 0.688. The Kier molecular flexibility index (Phi) is 5.93. The van der Waals surface area contributed by atoms with Gasteiger partial charge in [-0.2, -0.15) is 0 Å². The number of hydrogen-bond donors (Lipinski definition) is 3. The van der Waals surface area contributed by atoms with Crippen LogP contribution in [0.5, 0.6) is 0 Å². The smallest absolute Gasteiger partial charge is 0.352 e. The van der Waals surface area contributed by atoms with Crippen LogP contribution in [0.2, 0.25) is 0 Å². The normalized spacial score (nSPS) is 13.1. The number of carboxylic acids is 1. The molecule has 1 aromatic carbocycles. The van der Waals surface area contributed by atoms with Gasteiger partial charge in [-0.15, -0.1) is 0 Å². The fourth-order valence-corrected chi connectivity index (χ4v) is 1.71. The van der Waals surface area contributed by atoms with E-state index in [0.717, 1.165) is 0 Å². The Hall–Kier alpha value is -2.14. The van der Waals surface area contributed by atoms with Gasteiger partial charge in [-0.25, -0.2) is 4.79 Å². The zero-order valence-corrected chi connectivity index (χ0v) is 11.7. The maximum atomic E-state index is 11.8. The summed E-state index contributed by atoms with van der Waals surface area (Å²) in [4.78, 5) is 23.0. The van der Waals surface area contributed by atoms with E-state index in [1.165, 1.54) is 6.08 Å². The third-order valence-corrected chi connectivity index (χ3v) is 2.66. The Morgan fingerprint density at radius 1 is 1.30 bits per heavy atom. The van der Waals surface area contributed by atoms with Gasteiger partial charge in [-0.3, -0.25) is 4.79 Å². The van der Waals surface area contributed by atoms with E-state index in [-0.39, 0.29) is 11.6 Å². The van der Waals surface area contributed by atoms with Crippen LogP contribution in [0, 0.1) is 5.92 Å². The Balaban J connectivity index is 2.81. The Bertz CT molecular complexity index is 495. The van der Waals surface area contributed by atoms with Crippen molar-refractivity contribution >= 4 is 18.0 Å². The van der Waals surface area contributed by atoms with E-state index < -0.39 is 17.9 Å². The standard InChI is InChI=1S/C15H20N2O3/c1-10(2)8-12(16)14(18)17-13(15(19)20)9-11-6-4-3-5-7-11/h3-7,9-10,12H,8,16H2,1-2H3,(H,17,18)(H,19,20)/t12-/m0/s1. The SMILES string of the molecule is CC(C)C[C@H](N)C(=O)NC(=Cc1ccccc1)C(=O)O. The minimum Gasteiger partial charge on any atom is -0.477 e. The summed E-state index contributed by atoms with van der Waals surface area (Å²) in [5, 5.41) is 11.5. The monoisotopic (exact) mass is 276 g/mol. The van der Waals surface area contributed by atoms with E-state index in [1.54, 1.807) is 24.3 Å². The summed E-state index contributed by atoms with van der Waals surface area (Å²) in [6.07, 6.45) is 1.91. The first-order valence-corrected chi connectivity index (χ1v) is 6.46. The molecule has 1 rings (SSSR count). The second-order valence-electron chi connectivity index (χ2n) is 5.00. The lowest BCUT2D eigenvalue weighted by Gasteiger charge is -2.14. The highest BCUT2D eigenvalue weighted by Crippen LogP contribution is 2.07. The summed E-state index contributed by atoms with van der Waals surface area (Å²) in [6.45, 7) is 3.90. The fraction of sp³-hybridized carbons (Fsp3) is 0.333. The van der Waals surface area contributed by atoms with Crippen molar-refractivity contribution in [2.45, 2.75) is 26.3 Å². The largest absolute Gasteiger partial charge is 0.477 e. The number of nitrogens with two attached hydrogens (primary N) is 1. The molecule has 1 aromatic rings. The van der Waals surface area contributed by atoms with Crippen LogP contribution in [0.25, 0.3) is 6.08 Å². The van der Waals surface area contributed by atoms with Gasteiger partial charge in [0, 0.05) is 0 Å². The first-order valence-electron chi connectivity index (χ1n) is 6.46. The van der Waals surface area contributed by atoms with Gasteiger partial charge >= 0.3 is 5.97 Å². The average Bonchev–Trinajstić information content (AvgIpc) is 2.38. The van der Waals surface area contributed by atoms with E-state index in [2.05, 4.69) is 5.32 Å². The lowest BCUT2D eigenvalue weighted by atomic mass is 10.0. The molecule has 108 valence electrons. The van der Waals surface area contributed by atoms with E-state index in [1.807, 2.05) is 19.9 Å². The molecule has 0 unspecified atom stereocenters. The second kappa shape index (κ2) is 7.45. The summed E-state index contributed by atoms with van der Waals surface area (Å²) in [5.74, 6) is -1.41. The third kappa shape index (κ3) is 5.24. The summed E-state index contributed by atoms with van der Waals surface area (Å²) >= 11 is 0. The molecule has 0 bridgehead atoms. The maximum absolute atomic E-state index is 11.8. The van der Waals surface area contributed by atoms with Gasteiger partial charge in [0.25, 0.3) is 0 Å². The van der Waals surface area contributed by atoms with Crippen molar-refractivity contribution in [2.75, 3.05) is 0 Å². The molecular formula is C15H20N2O3. The molecule has 5 nitrogen and oxygen atoms in total. The van der Waals surface area contributed by atoms with Crippen molar-refractivity contribution in [2.24, 2.45) is 11.7 Å². The van der Waals surface area contributed by atoms with Crippen molar-refractivity contribution in [3.8, 4) is 0 Å². The molecule has 0 aliphatic rings. The lowest BCUT2D eigenvalue weighted by molar-refractivity contribution is -0.134. The number of rotatable bonds is 6. The van der Waals surface area contributed by atoms with Crippen molar-refractivity contribution < 1.29 is 14.7 Å². The molecule has 5 heteroatoms. The van der Waals surface area contributed by atoms with Gasteiger partial charge in [0.05, 0.1) is 6.04 Å². The molecule has 0 aliphatic heterocycles. The first kappa shape index (κ1) is 15.9. The Labute approximate surface area is 118 Å². The minimum absolute atomic E-state index is 0.180. The number of carboxylic acid groups (broad SMARTS) is 1. The number of aliphatic carboxylic acids is 1. The number of carbonyl (C=O) groups is 2. The molecule has 0 saturated carbocycles. The molecule has 1 atom stereocenters. The molecule has 1 amide bonds. The lowest BCUT2D eigenvalue weighted by Crippen LogP contribution is -2.42. The third-order valence-electron chi connectivity index (χ3n) is 2.66. The molecule has 20 heavy (non-hydrogen) atoms. The molecule has 4 N–H and O–H groups in total. The summed E-state index contributed by atoms with van der Waals surface area (Å²) in [7, 11) is 0. The molecule has 0 radical (unpaired) electrons. The van der Waals surface area contributed by atoms with Crippen LogP contribution in [0.1, 0.15) is 25.8 Å². The summed E-state index contributed by atoms with van der Waals surface area (Å²) in [5.41, 5.74) is 6.24. The number of hydrogen-bond acceptors (Lipinski definition) is 3. The van der Waals surface area contributed by atoms with Crippen LogP contribution in [0.4, 0.5) is 0 Å². The maximum Gasteiger partial charge on any atom is 0.352 e. The summed E-state index contributed by atoms with van der Waals surface area (Å²) in [6, 6.07) is 8.20. The summed E-state index contributed by atoms with van der Waals surface area (Å²) < 4.78 is 0. The highest BCUT2D eigenvalue weighted by Gasteiger charge is 2.18. The van der Waals surface area contributed by atoms with Crippen LogP contribution in [-0.4, -0.2) is 23.0 Å². The van der Waals surface area contributed by atoms with Crippen LogP contribution in [0.3, 0.4) is 0 Å². The van der Waals surface area contributed by atoms with Crippen LogP contribution in [0.15, 0.2) is 36.0 Å². The number of benzene rings is 1. The van der Waals surface area contributed by atoms with E-state index in [9.17, 15) is 9.59 Å². The molecular weight excluding hydrogens is 256 g/mol. The Morgan fingerprint density at radius 2 is 1.90 bits per heavy atom. The van der Waals surface area contributed by atoms with Crippen molar-refractivity contribution in [1.82, 2.24) is 5.32 Å². The van der Waals surface area contributed by atoms with Gasteiger partial charge in [0.2, 0.25) is 5.91 Å². The zero-order chi connectivity index (χ0) is 15.1. The highest BCUT2D eigenvalue weighted by molar-refractivity contribution is 5.98. The predicted octanol–water partition coefficient (Wildman–Crippen LogP) is 1.60. The topological polar surface area (TPSA) is 92.4 Å². The zero-order valence-electron chi connectivity index (χ0n) is 11.7. The van der Waals surface area contributed by atoms with Crippen LogP contribution >= 0.6 is 0 Å². The minimum atomic E-state index is -1.20. The predicted molar refractivity (Wildman–Crippen MR) is 77.6 cm³/mol. The van der Waals surface area contributed by atoms with Gasteiger partial charge in [0.15, 0.2) is 0 Å². The van der Waals surface area contributed by atoms with Crippen LogP contribution in [-0.2, 0) is 9.59 Å². The van der Waals surface area contributed by atoms with Crippen molar-refractivity contribution in [3.63, 3.8) is 0 Å². The van der Waals surface area contributed by atoms with Crippen LogP contribution < -0.4 is 11.1 Å². The molecule has 0 aromatic heterocycles. The number of carbonyl (C=O) groups excluding carboxylic acids is 1. The van der Waals surface area contributed by atoms with E-state index in [4.69, 9.17) is 10.8 Å². The highest BCUT2D eigenvalue weighted by atomic mass is 16.4.